The summed E-state index contributed by atoms with van der Waals surface area (Å²) in [5, 5.41) is 0. The van der Waals surface area contributed by atoms with E-state index in [1.807, 2.05) is 12.1 Å². The molecule has 2 heterocycles. The molecule has 2 aromatic rings. The van der Waals surface area contributed by atoms with Crippen LogP contribution >= 0.6 is 11.6 Å². The SMILES string of the molecule is O.O=c1ccccn1CC(CCCl)Cn1ccccc1=O. The molecule has 0 saturated heterocycles. The Morgan fingerprint density at radius 1 is 0.905 bits per heavy atom. The molecule has 0 saturated carbocycles. The number of hydrogen-bond donors (Lipinski definition) is 0. The topological polar surface area (TPSA) is 75.5 Å². The molecule has 5 nitrogen and oxygen atoms in total. The third-order valence-corrected chi connectivity index (χ3v) is 3.44. The lowest BCUT2D eigenvalue weighted by atomic mass is 10.1. The van der Waals surface area contributed by atoms with E-state index in [1.54, 1.807) is 33.7 Å². The van der Waals surface area contributed by atoms with Gasteiger partial charge < -0.3 is 14.6 Å². The molecular formula is C15H19ClN2O3. The molecule has 0 unspecified atom stereocenters. The predicted molar refractivity (Wildman–Crippen MR) is 83.8 cm³/mol. The Bertz CT molecular complexity index is 610. The van der Waals surface area contributed by atoms with Gasteiger partial charge in [-0.2, -0.15) is 0 Å². The molecule has 0 aromatic carbocycles. The van der Waals surface area contributed by atoms with E-state index in [-0.39, 0.29) is 22.5 Å². The van der Waals surface area contributed by atoms with E-state index in [0.29, 0.717) is 19.0 Å². The number of alkyl halides is 1. The van der Waals surface area contributed by atoms with Gasteiger partial charge in [-0.3, -0.25) is 9.59 Å². The molecule has 2 aromatic heterocycles. The highest BCUT2D eigenvalue weighted by molar-refractivity contribution is 6.17. The second kappa shape index (κ2) is 8.44. The number of aromatic nitrogens is 2. The molecule has 2 N–H and O–H groups in total. The van der Waals surface area contributed by atoms with Crippen molar-refractivity contribution in [3.63, 3.8) is 0 Å². The Balaban J connectivity index is 0.00000220. The number of pyridine rings is 2. The average molecular weight is 311 g/mol. The lowest BCUT2D eigenvalue weighted by Gasteiger charge is -2.18. The predicted octanol–water partition coefficient (Wildman–Crippen LogP) is 1.13. The lowest BCUT2D eigenvalue weighted by Crippen LogP contribution is -2.28. The van der Waals surface area contributed by atoms with E-state index < -0.39 is 0 Å². The number of nitrogens with zero attached hydrogens (tertiary/aromatic N) is 2. The molecule has 114 valence electrons. The summed E-state index contributed by atoms with van der Waals surface area (Å²) in [6.07, 6.45) is 4.28. The third kappa shape index (κ3) is 4.88. The normalized spacial score (nSPS) is 10.4. The van der Waals surface area contributed by atoms with Crippen LogP contribution in [0.3, 0.4) is 0 Å². The summed E-state index contributed by atoms with van der Waals surface area (Å²) < 4.78 is 3.32. The second-order valence-electron chi connectivity index (χ2n) is 4.73. The molecule has 0 radical (unpaired) electrons. The summed E-state index contributed by atoms with van der Waals surface area (Å²) in [6, 6.07) is 10.2. The highest BCUT2D eigenvalue weighted by Crippen LogP contribution is 2.09. The highest BCUT2D eigenvalue weighted by atomic mass is 35.5. The van der Waals surface area contributed by atoms with Crippen molar-refractivity contribution >= 4 is 11.6 Å². The summed E-state index contributed by atoms with van der Waals surface area (Å²) in [6.45, 7) is 1.13. The Labute approximate surface area is 127 Å². The second-order valence-corrected chi connectivity index (χ2v) is 5.10. The largest absolute Gasteiger partial charge is 0.412 e. The fourth-order valence-electron chi connectivity index (χ4n) is 2.17. The van der Waals surface area contributed by atoms with E-state index in [4.69, 9.17) is 11.6 Å². The molecule has 0 fully saturated rings. The minimum Gasteiger partial charge on any atom is -0.412 e. The quantitative estimate of drug-likeness (QED) is 0.750. The summed E-state index contributed by atoms with van der Waals surface area (Å²) in [5.41, 5.74) is -0.0695. The van der Waals surface area contributed by atoms with Gasteiger partial charge in [0.25, 0.3) is 11.1 Å². The zero-order valence-electron chi connectivity index (χ0n) is 11.6. The summed E-state index contributed by atoms with van der Waals surface area (Å²) in [4.78, 5) is 23.5. The number of halogens is 1. The van der Waals surface area contributed by atoms with Gasteiger partial charge in [0.05, 0.1) is 0 Å². The van der Waals surface area contributed by atoms with Crippen LogP contribution < -0.4 is 11.1 Å². The average Bonchev–Trinajstić information content (AvgIpc) is 2.44. The first-order valence-electron chi connectivity index (χ1n) is 6.57. The zero-order valence-corrected chi connectivity index (χ0v) is 12.4. The van der Waals surface area contributed by atoms with E-state index >= 15 is 0 Å². The van der Waals surface area contributed by atoms with Gasteiger partial charge >= 0.3 is 0 Å². The molecule has 6 heteroatoms. The molecule has 0 spiro atoms. The Kier molecular flexibility index (Phi) is 6.91. The standard InChI is InChI=1S/C15H17ClN2O2.H2O/c16-8-7-13(11-17-9-3-1-5-14(17)19)12-18-10-4-2-6-15(18)20;/h1-6,9-10,13H,7-8,11-12H2;1H2. The fraction of sp³-hybridized carbons (Fsp3) is 0.333. The number of rotatable bonds is 6. The van der Waals surface area contributed by atoms with Crippen LogP contribution in [0, 0.1) is 5.92 Å². The van der Waals surface area contributed by atoms with Gasteiger partial charge in [-0.25, -0.2) is 0 Å². The Morgan fingerprint density at radius 2 is 1.38 bits per heavy atom. The summed E-state index contributed by atoms with van der Waals surface area (Å²) >= 11 is 5.83. The number of hydrogen-bond acceptors (Lipinski definition) is 2. The van der Waals surface area contributed by atoms with Crippen molar-refractivity contribution in [1.82, 2.24) is 9.13 Å². The minimum absolute atomic E-state index is 0. The van der Waals surface area contributed by atoms with Gasteiger partial charge in [0.1, 0.15) is 0 Å². The van der Waals surface area contributed by atoms with Crippen LogP contribution in [0.2, 0.25) is 0 Å². The van der Waals surface area contributed by atoms with Gasteiger partial charge in [-0.15, -0.1) is 11.6 Å². The van der Waals surface area contributed by atoms with E-state index in [1.165, 1.54) is 12.1 Å². The van der Waals surface area contributed by atoms with Crippen LogP contribution in [0.1, 0.15) is 6.42 Å². The van der Waals surface area contributed by atoms with Crippen LogP contribution in [0.25, 0.3) is 0 Å². The van der Waals surface area contributed by atoms with Gasteiger partial charge in [0, 0.05) is 43.5 Å². The third-order valence-electron chi connectivity index (χ3n) is 3.23. The van der Waals surface area contributed by atoms with E-state index in [9.17, 15) is 9.59 Å². The van der Waals surface area contributed by atoms with E-state index in [0.717, 1.165) is 6.42 Å². The van der Waals surface area contributed by atoms with Crippen LogP contribution in [0.4, 0.5) is 0 Å². The van der Waals surface area contributed by atoms with E-state index in [2.05, 4.69) is 0 Å². The first-order chi connectivity index (χ1) is 9.70. The van der Waals surface area contributed by atoms with Crippen molar-refractivity contribution in [1.29, 1.82) is 0 Å². The minimum atomic E-state index is -0.0347. The van der Waals surface area contributed by atoms with Crippen LogP contribution in [-0.2, 0) is 13.1 Å². The van der Waals surface area contributed by atoms with Crippen LogP contribution in [0.15, 0.2) is 58.4 Å². The van der Waals surface area contributed by atoms with Gasteiger partial charge in [0.2, 0.25) is 0 Å². The molecule has 0 atom stereocenters. The molecule has 0 aliphatic heterocycles. The molecule has 0 aliphatic rings. The van der Waals surface area contributed by atoms with Crippen molar-refractivity contribution in [2.24, 2.45) is 5.92 Å². The Morgan fingerprint density at radius 3 is 1.76 bits per heavy atom. The maximum Gasteiger partial charge on any atom is 0.250 e. The molecule has 0 amide bonds. The van der Waals surface area contributed by atoms with Crippen LogP contribution in [0.5, 0.6) is 0 Å². The fourth-order valence-corrected chi connectivity index (χ4v) is 2.48. The van der Waals surface area contributed by atoms with Crippen molar-refractivity contribution < 1.29 is 5.48 Å². The van der Waals surface area contributed by atoms with Gasteiger partial charge in [-0.1, -0.05) is 12.1 Å². The molecule has 21 heavy (non-hydrogen) atoms. The van der Waals surface area contributed by atoms with Gasteiger partial charge in [-0.05, 0) is 24.5 Å². The first-order valence-corrected chi connectivity index (χ1v) is 7.11. The molecule has 2 rings (SSSR count). The first kappa shape index (κ1) is 17.2. The lowest BCUT2D eigenvalue weighted by molar-refractivity contribution is 0.366. The smallest absolute Gasteiger partial charge is 0.250 e. The zero-order chi connectivity index (χ0) is 14.4. The Hall–Kier alpha value is -1.85. The molecule has 0 bridgehead atoms. The van der Waals surface area contributed by atoms with Crippen molar-refractivity contribution in [2.75, 3.05) is 5.88 Å². The van der Waals surface area contributed by atoms with Crippen LogP contribution in [-0.4, -0.2) is 20.5 Å². The summed E-state index contributed by atoms with van der Waals surface area (Å²) in [5.74, 6) is 0.654. The molecule has 0 aliphatic carbocycles. The van der Waals surface area contributed by atoms with Gasteiger partial charge in [0.15, 0.2) is 0 Å². The maximum atomic E-state index is 11.7. The monoisotopic (exact) mass is 310 g/mol. The van der Waals surface area contributed by atoms with Crippen molar-refractivity contribution in [3.05, 3.63) is 69.5 Å². The summed E-state index contributed by atoms with van der Waals surface area (Å²) in [7, 11) is 0. The van der Waals surface area contributed by atoms with Crippen molar-refractivity contribution in [3.8, 4) is 0 Å². The van der Waals surface area contributed by atoms with Crippen molar-refractivity contribution in [2.45, 2.75) is 19.5 Å². The molecular weight excluding hydrogens is 292 g/mol. The maximum absolute atomic E-state index is 11.7. The highest BCUT2D eigenvalue weighted by Gasteiger charge is 2.11.